The Hall–Kier alpha value is -1.89. The van der Waals surface area contributed by atoms with Crippen LogP contribution in [0.2, 0.25) is 0 Å². The molecule has 100 valence electrons. The van der Waals surface area contributed by atoms with Gasteiger partial charge in [0.15, 0.2) is 4.96 Å². The number of hydrogen-bond acceptors (Lipinski definition) is 4. The Kier molecular flexibility index (Phi) is 2.98. The van der Waals surface area contributed by atoms with E-state index in [1.54, 1.807) is 16.2 Å². The zero-order valence-electron chi connectivity index (χ0n) is 10.5. The Bertz CT molecular complexity index is 604. The summed E-state index contributed by atoms with van der Waals surface area (Å²) in [5.41, 5.74) is 0.813. The quantitative estimate of drug-likeness (QED) is 0.895. The van der Waals surface area contributed by atoms with Crippen molar-refractivity contribution in [3.8, 4) is 0 Å². The summed E-state index contributed by atoms with van der Waals surface area (Å²) in [4.78, 5) is 30.7. The highest BCUT2D eigenvalue weighted by molar-refractivity contribution is 7.15. The highest BCUT2D eigenvalue weighted by Gasteiger charge is 2.33. The van der Waals surface area contributed by atoms with Crippen molar-refractivity contribution in [1.82, 2.24) is 19.6 Å². The number of aromatic nitrogens is 2. The predicted molar refractivity (Wildman–Crippen MR) is 70.7 cm³/mol. The van der Waals surface area contributed by atoms with Gasteiger partial charge in [-0.1, -0.05) is 6.92 Å². The van der Waals surface area contributed by atoms with Gasteiger partial charge in [0.1, 0.15) is 6.04 Å². The standard InChI is InChI=1S/C12H14N4O2S/c1-2-9-11(18)13-5-10(17)16(9)7-8-6-15-3-4-19-12(15)14-8/h3-4,6,9H,2,5,7H2,1H3,(H,13,18). The van der Waals surface area contributed by atoms with E-state index < -0.39 is 0 Å². The molecule has 0 saturated carbocycles. The van der Waals surface area contributed by atoms with Gasteiger partial charge in [0.25, 0.3) is 0 Å². The lowest BCUT2D eigenvalue weighted by Gasteiger charge is -2.33. The monoisotopic (exact) mass is 278 g/mol. The normalized spacial score (nSPS) is 20.1. The van der Waals surface area contributed by atoms with Crippen molar-refractivity contribution in [2.24, 2.45) is 0 Å². The van der Waals surface area contributed by atoms with E-state index >= 15 is 0 Å². The van der Waals surface area contributed by atoms with Gasteiger partial charge in [0.2, 0.25) is 11.8 Å². The molecule has 1 N–H and O–H groups in total. The molecule has 1 atom stereocenters. The van der Waals surface area contributed by atoms with Crippen LogP contribution in [0.15, 0.2) is 17.8 Å². The van der Waals surface area contributed by atoms with Crippen molar-refractivity contribution in [3.63, 3.8) is 0 Å². The van der Waals surface area contributed by atoms with E-state index in [2.05, 4.69) is 10.3 Å². The predicted octanol–water partition coefficient (Wildman–Crippen LogP) is 0.633. The molecule has 0 aliphatic carbocycles. The smallest absolute Gasteiger partial charge is 0.243 e. The molecule has 3 heterocycles. The molecule has 1 aliphatic rings. The maximum absolute atomic E-state index is 11.9. The zero-order chi connectivity index (χ0) is 13.4. The molecule has 19 heavy (non-hydrogen) atoms. The minimum atomic E-state index is -0.388. The van der Waals surface area contributed by atoms with Gasteiger partial charge in [-0.2, -0.15) is 0 Å². The fourth-order valence-electron chi connectivity index (χ4n) is 2.33. The number of nitrogens with one attached hydrogen (secondary N) is 1. The molecule has 0 radical (unpaired) electrons. The van der Waals surface area contributed by atoms with Gasteiger partial charge in [-0.3, -0.25) is 14.0 Å². The van der Waals surface area contributed by atoms with Gasteiger partial charge in [-0.25, -0.2) is 4.98 Å². The first-order valence-corrected chi connectivity index (χ1v) is 7.05. The van der Waals surface area contributed by atoms with Crippen LogP contribution < -0.4 is 5.32 Å². The number of carbonyl (C=O) groups excluding carboxylic acids is 2. The van der Waals surface area contributed by atoms with Crippen LogP contribution in [0, 0.1) is 0 Å². The van der Waals surface area contributed by atoms with Crippen molar-refractivity contribution >= 4 is 28.1 Å². The summed E-state index contributed by atoms with van der Waals surface area (Å²) in [7, 11) is 0. The number of hydrogen-bond donors (Lipinski definition) is 1. The number of fused-ring (bicyclic) bond motifs is 1. The number of thiazole rings is 1. The van der Waals surface area contributed by atoms with E-state index in [4.69, 9.17) is 0 Å². The Labute approximate surface area is 114 Å². The molecular weight excluding hydrogens is 264 g/mol. The lowest BCUT2D eigenvalue weighted by atomic mass is 10.1. The highest BCUT2D eigenvalue weighted by Crippen LogP contribution is 2.16. The Morgan fingerprint density at radius 2 is 2.37 bits per heavy atom. The molecule has 2 aromatic rings. The molecule has 1 unspecified atom stereocenters. The summed E-state index contributed by atoms with van der Waals surface area (Å²) in [5, 5.41) is 4.58. The Morgan fingerprint density at radius 1 is 1.53 bits per heavy atom. The summed E-state index contributed by atoms with van der Waals surface area (Å²) in [6, 6.07) is -0.388. The molecule has 6 nitrogen and oxygen atoms in total. The SMILES string of the molecule is CCC1C(=O)NCC(=O)N1Cc1cn2ccsc2n1. The van der Waals surface area contributed by atoms with Crippen molar-refractivity contribution in [1.29, 1.82) is 0 Å². The lowest BCUT2D eigenvalue weighted by molar-refractivity contribution is -0.146. The van der Waals surface area contributed by atoms with Crippen LogP contribution in [-0.2, 0) is 16.1 Å². The summed E-state index contributed by atoms with van der Waals surface area (Å²) >= 11 is 1.55. The first-order chi connectivity index (χ1) is 9.19. The van der Waals surface area contributed by atoms with Gasteiger partial charge < -0.3 is 10.2 Å². The molecule has 7 heteroatoms. The van der Waals surface area contributed by atoms with Gasteiger partial charge in [0, 0.05) is 17.8 Å². The third-order valence-corrected chi connectivity index (χ3v) is 4.05. The molecule has 1 saturated heterocycles. The van der Waals surface area contributed by atoms with E-state index in [1.165, 1.54) is 0 Å². The average molecular weight is 278 g/mol. The maximum atomic E-state index is 11.9. The third-order valence-electron chi connectivity index (χ3n) is 3.28. The second kappa shape index (κ2) is 4.65. The molecule has 0 aromatic carbocycles. The van der Waals surface area contributed by atoms with Gasteiger partial charge in [-0.05, 0) is 6.42 Å². The van der Waals surface area contributed by atoms with Crippen LogP contribution in [0.1, 0.15) is 19.0 Å². The summed E-state index contributed by atoms with van der Waals surface area (Å²) in [6.07, 6.45) is 4.44. The molecule has 1 fully saturated rings. The van der Waals surface area contributed by atoms with Gasteiger partial charge >= 0.3 is 0 Å². The van der Waals surface area contributed by atoms with Crippen LogP contribution in [0.3, 0.4) is 0 Å². The molecule has 0 spiro atoms. The van der Waals surface area contributed by atoms with Crippen LogP contribution >= 0.6 is 11.3 Å². The molecule has 3 rings (SSSR count). The van der Waals surface area contributed by atoms with E-state index in [1.807, 2.05) is 29.1 Å². The second-order valence-electron chi connectivity index (χ2n) is 4.49. The Morgan fingerprint density at radius 3 is 3.11 bits per heavy atom. The fourth-order valence-corrected chi connectivity index (χ4v) is 3.05. The number of nitrogens with zero attached hydrogens (tertiary/aromatic N) is 3. The van der Waals surface area contributed by atoms with Crippen LogP contribution in [-0.4, -0.2) is 38.7 Å². The fraction of sp³-hybridized carbons (Fsp3) is 0.417. The summed E-state index contributed by atoms with van der Waals surface area (Å²) < 4.78 is 1.93. The molecule has 1 aliphatic heterocycles. The topological polar surface area (TPSA) is 66.7 Å². The number of carbonyl (C=O) groups is 2. The van der Waals surface area contributed by atoms with Crippen molar-refractivity contribution in [2.75, 3.05) is 6.54 Å². The molecule has 2 amide bonds. The minimum Gasteiger partial charge on any atom is -0.345 e. The molecule has 0 bridgehead atoms. The van der Waals surface area contributed by atoms with Gasteiger partial charge in [0.05, 0.1) is 18.8 Å². The largest absolute Gasteiger partial charge is 0.345 e. The summed E-state index contributed by atoms with van der Waals surface area (Å²) in [6.45, 7) is 2.37. The van der Waals surface area contributed by atoms with E-state index in [0.717, 1.165) is 10.7 Å². The minimum absolute atomic E-state index is 0.0530. The van der Waals surface area contributed by atoms with Crippen molar-refractivity contribution in [3.05, 3.63) is 23.5 Å². The molecule has 2 aromatic heterocycles. The first kappa shape index (κ1) is 12.2. The molecular formula is C12H14N4O2S. The zero-order valence-corrected chi connectivity index (χ0v) is 11.3. The summed E-state index contributed by atoms with van der Waals surface area (Å²) in [5.74, 6) is -0.133. The lowest BCUT2D eigenvalue weighted by Crippen LogP contribution is -2.57. The number of rotatable bonds is 3. The number of imidazole rings is 1. The van der Waals surface area contributed by atoms with Crippen molar-refractivity contribution in [2.45, 2.75) is 25.9 Å². The second-order valence-corrected chi connectivity index (χ2v) is 5.36. The number of piperazine rings is 1. The van der Waals surface area contributed by atoms with Crippen LogP contribution in [0.4, 0.5) is 0 Å². The van der Waals surface area contributed by atoms with Crippen molar-refractivity contribution < 1.29 is 9.59 Å². The highest BCUT2D eigenvalue weighted by atomic mass is 32.1. The Balaban J connectivity index is 1.85. The van der Waals surface area contributed by atoms with Crippen LogP contribution in [0.25, 0.3) is 4.96 Å². The van der Waals surface area contributed by atoms with E-state index in [0.29, 0.717) is 13.0 Å². The van der Waals surface area contributed by atoms with Crippen LogP contribution in [0.5, 0.6) is 0 Å². The van der Waals surface area contributed by atoms with E-state index in [-0.39, 0.29) is 24.4 Å². The maximum Gasteiger partial charge on any atom is 0.243 e. The number of amides is 2. The van der Waals surface area contributed by atoms with E-state index in [9.17, 15) is 9.59 Å². The average Bonchev–Trinajstić information content (AvgIpc) is 2.95. The third kappa shape index (κ3) is 2.10. The first-order valence-electron chi connectivity index (χ1n) is 6.17. The van der Waals surface area contributed by atoms with Gasteiger partial charge in [-0.15, -0.1) is 11.3 Å².